The van der Waals surface area contributed by atoms with Gasteiger partial charge in [-0.05, 0) is 35.6 Å². The van der Waals surface area contributed by atoms with Crippen molar-refractivity contribution in [2.75, 3.05) is 0 Å². The van der Waals surface area contributed by atoms with Crippen LogP contribution in [-0.4, -0.2) is 30.8 Å². The molecule has 0 aliphatic carbocycles. The van der Waals surface area contributed by atoms with E-state index in [0.29, 0.717) is 12.1 Å². The number of hydrogen-bond acceptors (Lipinski definition) is 4. The molecule has 0 bridgehead atoms. The lowest BCUT2D eigenvalue weighted by Gasteiger charge is -2.08. The highest BCUT2D eigenvalue weighted by Gasteiger charge is 2.14. The predicted octanol–water partition coefficient (Wildman–Crippen LogP) is 5.21. The Morgan fingerprint density at radius 2 is 1.70 bits per heavy atom. The van der Waals surface area contributed by atoms with Gasteiger partial charge in [0.25, 0.3) is 0 Å². The Bertz CT molecular complexity index is 1200. The van der Waals surface area contributed by atoms with Gasteiger partial charge in [-0.3, -0.25) is 0 Å². The second-order valence-corrected chi connectivity index (χ2v) is 8.09. The van der Waals surface area contributed by atoms with Crippen molar-refractivity contribution in [1.82, 2.24) is 19.7 Å². The summed E-state index contributed by atoms with van der Waals surface area (Å²) in [7, 11) is 0. The zero-order valence-corrected chi connectivity index (χ0v) is 18.8. The summed E-state index contributed by atoms with van der Waals surface area (Å²) in [6, 6.07) is 21.9. The predicted molar refractivity (Wildman–Crippen MR) is 128 cm³/mol. The van der Waals surface area contributed by atoms with Crippen LogP contribution in [0, 0.1) is 0 Å². The molecule has 0 atom stereocenters. The summed E-state index contributed by atoms with van der Waals surface area (Å²) in [4.78, 5) is 20.3. The fourth-order valence-electron chi connectivity index (χ4n) is 3.85. The smallest absolute Gasteiger partial charge is 0.355 e. The highest BCUT2D eigenvalue weighted by molar-refractivity contribution is 5.93. The third-order valence-electron chi connectivity index (χ3n) is 5.63. The monoisotopic (exact) mass is 440 g/mol. The molecule has 0 saturated carbocycles. The largest absolute Gasteiger partial charge is 0.476 e. The van der Waals surface area contributed by atoms with E-state index in [9.17, 15) is 9.90 Å². The van der Waals surface area contributed by atoms with E-state index in [1.165, 1.54) is 11.8 Å². The van der Waals surface area contributed by atoms with E-state index in [1.54, 1.807) is 12.1 Å². The SMILES string of the molecule is CCCCc1nc(CCc2ccccc2)nn1Cc1ccc(-c2cccnc2C(=O)O)cc1. The molecule has 0 saturated heterocycles. The zero-order valence-electron chi connectivity index (χ0n) is 18.8. The van der Waals surface area contributed by atoms with Crippen molar-refractivity contribution in [3.05, 3.63) is 101 Å². The summed E-state index contributed by atoms with van der Waals surface area (Å²) in [5, 5.41) is 14.2. The first-order chi connectivity index (χ1) is 16.1. The summed E-state index contributed by atoms with van der Waals surface area (Å²) < 4.78 is 2.01. The number of aromatic carboxylic acids is 1. The fraction of sp³-hybridized carbons (Fsp3) is 0.259. The highest BCUT2D eigenvalue weighted by atomic mass is 16.4. The number of unbranched alkanes of at least 4 members (excludes halogenated alkanes) is 1. The van der Waals surface area contributed by atoms with Crippen molar-refractivity contribution >= 4 is 5.97 Å². The molecule has 6 nitrogen and oxygen atoms in total. The molecule has 0 spiro atoms. The van der Waals surface area contributed by atoms with E-state index < -0.39 is 5.97 Å². The third-order valence-corrected chi connectivity index (χ3v) is 5.63. The van der Waals surface area contributed by atoms with E-state index >= 15 is 0 Å². The molecule has 0 amide bonds. The molecule has 0 fully saturated rings. The van der Waals surface area contributed by atoms with Gasteiger partial charge >= 0.3 is 5.97 Å². The molecule has 0 aliphatic rings. The van der Waals surface area contributed by atoms with Crippen LogP contribution < -0.4 is 0 Å². The maximum atomic E-state index is 11.5. The Morgan fingerprint density at radius 3 is 2.42 bits per heavy atom. The van der Waals surface area contributed by atoms with E-state index in [2.05, 4.69) is 36.2 Å². The van der Waals surface area contributed by atoms with Crippen LogP contribution in [-0.2, 0) is 25.8 Å². The Balaban J connectivity index is 1.51. The standard InChI is InChI=1S/C27H28N4O2/c1-2-3-11-25-29-24(17-14-20-8-5-4-6-9-20)30-31(25)19-21-12-15-22(16-13-21)23-10-7-18-28-26(23)27(32)33/h4-10,12-13,15-16,18H,2-3,11,14,17,19H2,1H3,(H,32,33). The molecule has 0 unspecified atom stereocenters. The second kappa shape index (κ2) is 10.7. The first kappa shape index (κ1) is 22.4. The Labute approximate surface area is 194 Å². The lowest BCUT2D eigenvalue weighted by molar-refractivity contribution is 0.0691. The van der Waals surface area contributed by atoms with Gasteiger partial charge in [-0.2, -0.15) is 5.10 Å². The molecular formula is C27H28N4O2. The van der Waals surface area contributed by atoms with Crippen LogP contribution in [0.3, 0.4) is 0 Å². The topological polar surface area (TPSA) is 80.9 Å². The molecule has 2 aromatic heterocycles. The van der Waals surface area contributed by atoms with Gasteiger partial charge in [-0.15, -0.1) is 0 Å². The Kier molecular flexibility index (Phi) is 7.25. The van der Waals surface area contributed by atoms with Crippen molar-refractivity contribution in [2.45, 2.75) is 45.6 Å². The minimum atomic E-state index is -1.03. The van der Waals surface area contributed by atoms with Crippen molar-refractivity contribution in [1.29, 1.82) is 0 Å². The summed E-state index contributed by atoms with van der Waals surface area (Å²) >= 11 is 0. The summed E-state index contributed by atoms with van der Waals surface area (Å²) in [5.41, 5.74) is 3.89. The second-order valence-electron chi connectivity index (χ2n) is 8.09. The van der Waals surface area contributed by atoms with Crippen LogP contribution in [0.4, 0.5) is 0 Å². The molecule has 33 heavy (non-hydrogen) atoms. The summed E-state index contributed by atoms with van der Waals surface area (Å²) in [6.07, 6.45) is 6.33. The number of hydrogen-bond donors (Lipinski definition) is 1. The van der Waals surface area contributed by atoms with Crippen LogP contribution in [0.5, 0.6) is 0 Å². The Hall–Kier alpha value is -3.80. The number of carbonyl (C=O) groups is 1. The van der Waals surface area contributed by atoms with Gasteiger partial charge in [0.05, 0.1) is 6.54 Å². The lowest BCUT2D eigenvalue weighted by Crippen LogP contribution is -2.07. The van der Waals surface area contributed by atoms with Gasteiger partial charge < -0.3 is 5.11 Å². The van der Waals surface area contributed by atoms with Crippen LogP contribution in [0.2, 0.25) is 0 Å². The summed E-state index contributed by atoms with van der Waals surface area (Å²) in [5.74, 6) is 0.869. The van der Waals surface area contributed by atoms with Crippen LogP contribution >= 0.6 is 0 Å². The molecule has 1 N–H and O–H groups in total. The number of aryl methyl sites for hydroxylation is 3. The van der Waals surface area contributed by atoms with Gasteiger partial charge in [0.1, 0.15) is 5.82 Å². The average molecular weight is 441 g/mol. The molecule has 168 valence electrons. The van der Waals surface area contributed by atoms with Gasteiger partial charge in [0, 0.05) is 24.6 Å². The fourth-order valence-corrected chi connectivity index (χ4v) is 3.85. The summed E-state index contributed by atoms with van der Waals surface area (Å²) in [6.45, 7) is 2.82. The normalized spacial score (nSPS) is 10.9. The molecule has 0 aliphatic heterocycles. The van der Waals surface area contributed by atoms with E-state index in [0.717, 1.165) is 54.9 Å². The van der Waals surface area contributed by atoms with Crippen molar-refractivity contribution in [3.63, 3.8) is 0 Å². The molecule has 2 aromatic carbocycles. The van der Waals surface area contributed by atoms with Gasteiger partial charge in [0.15, 0.2) is 11.5 Å². The molecule has 4 rings (SSSR count). The van der Waals surface area contributed by atoms with Crippen LogP contribution in [0.1, 0.15) is 53.0 Å². The number of rotatable bonds is 10. The Morgan fingerprint density at radius 1 is 0.909 bits per heavy atom. The zero-order chi connectivity index (χ0) is 23.0. The number of aromatic nitrogens is 4. The molecule has 6 heteroatoms. The number of pyridine rings is 1. The maximum absolute atomic E-state index is 11.5. The highest BCUT2D eigenvalue weighted by Crippen LogP contribution is 2.23. The lowest BCUT2D eigenvalue weighted by atomic mass is 10.0. The minimum Gasteiger partial charge on any atom is -0.476 e. The first-order valence-electron chi connectivity index (χ1n) is 11.4. The van der Waals surface area contributed by atoms with Gasteiger partial charge in [-0.1, -0.05) is 74.0 Å². The minimum absolute atomic E-state index is 0.0615. The van der Waals surface area contributed by atoms with Crippen LogP contribution in [0.25, 0.3) is 11.1 Å². The van der Waals surface area contributed by atoms with Crippen molar-refractivity contribution in [2.24, 2.45) is 0 Å². The first-order valence-corrected chi connectivity index (χ1v) is 11.4. The number of benzene rings is 2. The molecule has 2 heterocycles. The average Bonchev–Trinajstić information content (AvgIpc) is 3.24. The number of nitrogens with zero attached hydrogens (tertiary/aromatic N) is 4. The third kappa shape index (κ3) is 5.71. The van der Waals surface area contributed by atoms with Crippen molar-refractivity contribution < 1.29 is 9.90 Å². The number of carboxylic acids is 1. The molecular weight excluding hydrogens is 412 g/mol. The van der Waals surface area contributed by atoms with E-state index in [-0.39, 0.29) is 5.69 Å². The van der Waals surface area contributed by atoms with E-state index in [4.69, 9.17) is 10.1 Å². The quantitative estimate of drug-likeness (QED) is 0.366. The van der Waals surface area contributed by atoms with Crippen LogP contribution in [0.15, 0.2) is 72.9 Å². The number of carboxylic acid groups (broad SMARTS) is 1. The molecule has 4 aromatic rings. The maximum Gasteiger partial charge on any atom is 0.355 e. The van der Waals surface area contributed by atoms with Crippen molar-refractivity contribution in [3.8, 4) is 11.1 Å². The van der Waals surface area contributed by atoms with E-state index in [1.807, 2.05) is 35.0 Å². The van der Waals surface area contributed by atoms with Gasteiger partial charge in [0.2, 0.25) is 0 Å². The molecule has 0 radical (unpaired) electrons. The van der Waals surface area contributed by atoms with Gasteiger partial charge in [-0.25, -0.2) is 19.4 Å².